The van der Waals surface area contributed by atoms with Crippen LogP contribution in [0.15, 0.2) is 156 Å². The molecular weight excluding hydrogens is 1160 g/mol. The normalized spacial score (nSPS) is 15.1. The highest BCUT2D eigenvalue weighted by Gasteiger charge is 2.35. The lowest BCUT2D eigenvalue weighted by Gasteiger charge is -2.15. The molecule has 0 saturated carbocycles. The van der Waals surface area contributed by atoms with Crippen molar-refractivity contribution >= 4 is 69.3 Å². The maximum Gasteiger partial charge on any atom is 0.169 e. The van der Waals surface area contributed by atoms with E-state index in [1.165, 1.54) is 6.92 Å². The Morgan fingerprint density at radius 3 is 1.14 bits per heavy atom. The van der Waals surface area contributed by atoms with Crippen molar-refractivity contribution in [2.24, 2.45) is 15.0 Å². The molecule has 12 rings (SSSR count). The monoisotopic (exact) mass is 1230 g/mol. The molecule has 6 heterocycles. The summed E-state index contributed by atoms with van der Waals surface area (Å²) in [6.45, 7) is 16.8. The molecule has 446 valence electrons. The molecule has 0 spiro atoms. The van der Waals surface area contributed by atoms with Gasteiger partial charge < -0.3 is 28.1 Å². The zero-order valence-corrected chi connectivity index (χ0v) is 51.1. The number of carbonyl (C=O) groups excluding carboxylic acids is 3. The van der Waals surface area contributed by atoms with Crippen molar-refractivity contribution in [3.63, 3.8) is 0 Å². The molecule has 0 unspecified atom stereocenters. The van der Waals surface area contributed by atoms with E-state index < -0.39 is 18.1 Å². The Kier molecular flexibility index (Phi) is 19.4. The predicted octanol–water partition coefficient (Wildman–Crippen LogP) is 17.1. The fraction of sp³-hybridized carbons (Fsp3) is 0.261. The lowest BCUT2D eigenvalue weighted by Crippen LogP contribution is -2.09. The number of ketones is 3. The highest BCUT2D eigenvalue weighted by molar-refractivity contribution is 6.31. The molecule has 87 heavy (non-hydrogen) atoms. The second-order valence-corrected chi connectivity index (χ2v) is 22.8. The molecule has 3 aliphatic heterocycles. The lowest BCUT2D eigenvalue weighted by molar-refractivity contribution is -0.118. The van der Waals surface area contributed by atoms with Gasteiger partial charge in [-0.25, -0.2) is 0 Å². The molecule has 0 bridgehead atoms. The van der Waals surface area contributed by atoms with Crippen LogP contribution in [0, 0.1) is 20.8 Å². The van der Waals surface area contributed by atoms with Crippen LogP contribution in [-0.4, -0.2) is 67.8 Å². The number of rotatable bonds is 13. The van der Waals surface area contributed by atoms with Gasteiger partial charge in [0.2, 0.25) is 0 Å². The van der Waals surface area contributed by atoms with E-state index in [2.05, 4.69) is 15.5 Å². The molecule has 0 fully saturated rings. The Morgan fingerprint density at radius 2 is 0.805 bits per heavy atom. The van der Waals surface area contributed by atoms with Crippen LogP contribution >= 0.6 is 34.8 Å². The van der Waals surface area contributed by atoms with Gasteiger partial charge >= 0.3 is 0 Å². The Balaban J connectivity index is 0.000000155. The first-order valence-corrected chi connectivity index (χ1v) is 29.2. The minimum Gasteiger partial charge on any atom is -0.508 e. The number of aromatic nitrogens is 3. The number of halogens is 3. The molecule has 3 atom stereocenters. The smallest absolute Gasteiger partial charge is 0.169 e. The molecule has 0 radical (unpaired) electrons. The van der Waals surface area contributed by atoms with Gasteiger partial charge in [-0.2, -0.15) is 0 Å². The van der Waals surface area contributed by atoms with E-state index in [1.54, 1.807) is 38.1 Å². The van der Waals surface area contributed by atoms with Gasteiger partial charge in [-0.3, -0.25) is 29.4 Å². The number of aromatic hydroxyl groups is 1. The predicted molar refractivity (Wildman–Crippen MR) is 341 cm³/mol. The molecule has 18 heteroatoms. The van der Waals surface area contributed by atoms with Crippen LogP contribution in [0.4, 0.5) is 0 Å². The number of carbonyl (C=O) groups is 3. The standard InChI is InChI=1S/C24H23ClN2O3.C23H21ClN2O3.C21H17ClN2O3.CH4/c1-13(2)29-18-9-10-19-20(12-18)23(16-5-7-17(25)8-6-16)26-21(11-14(3)28)24-22(19)15(4)27-30-24;1-4-28-17-9-10-18-19(12-17)22(15-5-7-16(24)8-6-15)25-20(11-13(2)27)23-21(18)14(3)26-29-23;1-11(25)9-18-21-19(12(2)24-27-21)16-8-7-15(26)10-17(16)20(23-18)13-3-5-14(22)6-4-13;/h5-10,12-13,21H,11H2,1-4H3;5-10,12,20H,4,11H2,1-3H3;3-8,10,18,26H,9H2,1-2H3;1H4/t21-;20-;18-;/m000./s1. The van der Waals surface area contributed by atoms with Crippen molar-refractivity contribution in [1.29, 1.82) is 0 Å². The van der Waals surface area contributed by atoms with Crippen molar-refractivity contribution < 1.29 is 42.5 Å². The molecule has 9 aromatic rings. The summed E-state index contributed by atoms with van der Waals surface area (Å²) < 4.78 is 28.6. The number of phenolic OH excluding ortho intramolecular Hbond substituents is 1. The first-order valence-electron chi connectivity index (χ1n) is 28.1. The van der Waals surface area contributed by atoms with Crippen molar-refractivity contribution in [3.8, 4) is 50.6 Å². The van der Waals surface area contributed by atoms with Crippen LogP contribution in [0.2, 0.25) is 15.1 Å². The summed E-state index contributed by atoms with van der Waals surface area (Å²) in [7, 11) is 0. The quantitative estimate of drug-likeness (QED) is 0.114. The molecule has 0 saturated heterocycles. The SMILES string of the molecule is C.CC(=O)C[C@@H]1N=C(c2ccc(Cl)cc2)c2cc(O)ccc2-c2c(C)noc21.CC(=O)C[C@@H]1N=C(c2ccc(Cl)cc2)c2cc(OC(C)C)ccc2-c2c(C)noc21.CCOc1ccc2c(c1)C(c1ccc(Cl)cc1)=N[C@@H](CC(C)=O)c1onc(C)c1-2. The average Bonchev–Trinajstić information content (AvgIpc) is 2.35. The number of ether oxygens (including phenoxy) is 2. The second kappa shape index (κ2) is 26.9. The Labute approximate surface area is 520 Å². The number of benzene rings is 6. The van der Waals surface area contributed by atoms with E-state index >= 15 is 0 Å². The van der Waals surface area contributed by atoms with E-state index in [-0.39, 0.29) is 55.9 Å². The van der Waals surface area contributed by atoms with Gasteiger partial charge in [-0.1, -0.05) is 94.1 Å². The number of aryl methyl sites for hydroxylation is 3. The van der Waals surface area contributed by atoms with Crippen LogP contribution < -0.4 is 9.47 Å². The number of Topliss-reactive ketones (excluding diaryl/α,β-unsaturated/α-hetero) is 3. The maximum absolute atomic E-state index is 12.0. The highest BCUT2D eigenvalue weighted by atomic mass is 35.5. The summed E-state index contributed by atoms with van der Waals surface area (Å²) in [5.41, 5.74) is 15.1. The van der Waals surface area contributed by atoms with Gasteiger partial charge in [0.25, 0.3) is 0 Å². The number of fused-ring (bicyclic) bond motifs is 9. The molecule has 3 aliphatic rings. The molecule has 0 aliphatic carbocycles. The molecule has 15 nitrogen and oxygen atoms in total. The average molecular weight is 1230 g/mol. The van der Waals surface area contributed by atoms with Gasteiger partial charge in [0, 0.05) is 67.7 Å². The van der Waals surface area contributed by atoms with Crippen LogP contribution in [0.5, 0.6) is 17.2 Å². The fourth-order valence-electron chi connectivity index (χ4n) is 10.8. The van der Waals surface area contributed by atoms with Gasteiger partial charge in [0.15, 0.2) is 17.3 Å². The Bertz CT molecular complexity index is 4140. The van der Waals surface area contributed by atoms with Gasteiger partial charge in [0.05, 0.1) is 63.6 Å². The number of hydrogen-bond acceptors (Lipinski definition) is 15. The number of hydrogen-bond donors (Lipinski definition) is 1. The maximum atomic E-state index is 12.0. The second-order valence-electron chi connectivity index (χ2n) is 21.5. The van der Waals surface area contributed by atoms with E-state index in [0.717, 1.165) is 107 Å². The van der Waals surface area contributed by atoms with Crippen molar-refractivity contribution in [3.05, 3.63) is 210 Å². The van der Waals surface area contributed by atoms with Gasteiger partial charge in [0.1, 0.15) is 52.7 Å². The van der Waals surface area contributed by atoms with Crippen molar-refractivity contribution in [2.45, 2.75) is 113 Å². The topological polar surface area (TPSA) is 205 Å². The molecule has 3 aromatic heterocycles. The third-order valence-corrected chi connectivity index (χ3v) is 15.2. The van der Waals surface area contributed by atoms with Crippen molar-refractivity contribution in [2.75, 3.05) is 6.61 Å². The summed E-state index contributed by atoms with van der Waals surface area (Å²) in [4.78, 5) is 50.7. The molecule has 0 amide bonds. The summed E-state index contributed by atoms with van der Waals surface area (Å²) in [5.74, 6) is 3.53. The van der Waals surface area contributed by atoms with E-state index in [1.807, 2.05) is 145 Å². The zero-order valence-electron chi connectivity index (χ0n) is 48.8. The Morgan fingerprint density at radius 1 is 0.483 bits per heavy atom. The molecular formula is C69H65Cl3N6O9. The van der Waals surface area contributed by atoms with Crippen LogP contribution in [0.1, 0.15) is 154 Å². The number of phenols is 1. The Hall–Kier alpha value is -8.76. The third-order valence-electron chi connectivity index (χ3n) is 14.5. The largest absolute Gasteiger partial charge is 0.508 e. The van der Waals surface area contributed by atoms with E-state index in [9.17, 15) is 19.5 Å². The van der Waals surface area contributed by atoms with Gasteiger partial charge in [-0.15, -0.1) is 0 Å². The third kappa shape index (κ3) is 13.8. The minimum atomic E-state index is -0.487. The van der Waals surface area contributed by atoms with Crippen molar-refractivity contribution in [1.82, 2.24) is 15.5 Å². The summed E-state index contributed by atoms with van der Waals surface area (Å²) >= 11 is 18.2. The van der Waals surface area contributed by atoms with Crippen LogP contribution in [0.3, 0.4) is 0 Å². The number of aliphatic imine (C=N–C) groups is 3. The van der Waals surface area contributed by atoms with Crippen LogP contribution in [-0.2, 0) is 14.4 Å². The fourth-order valence-corrected chi connectivity index (χ4v) is 11.2. The summed E-state index contributed by atoms with van der Waals surface area (Å²) in [5, 5.41) is 24.4. The minimum absolute atomic E-state index is 0. The first-order chi connectivity index (χ1) is 41.2. The molecule has 1 N–H and O–H groups in total. The lowest BCUT2D eigenvalue weighted by atomic mass is 9.92. The van der Waals surface area contributed by atoms with Gasteiger partial charge in [-0.05, 0) is 170 Å². The van der Waals surface area contributed by atoms with Crippen LogP contribution in [0.25, 0.3) is 33.4 Å². The van der Waals surface area contributed by atoms with E-state index in [0.29, 0.717) is 44.7 Å². The summed E-state index contributed by atoms with van der Waals surface area (Å²) in [6.07, 6.45) is 0.731. The molecule has 6 aromatic carbocycles. The zero-order chi connectivity index (χ0) is 61.1. The highest BCUT2D eigenvalue weighted by Crippen LogP contribution is 2.45. The van der Waals surface area contributed by atoms with E-state index in [4.69, 9.17) is 72.8 Å². The summed E-state index contributed by atoms with van der Waals surface area (Å²) in [6, 6.07) is 38.0. The number of nitrogens with zero attached hydrogens (tertiary/aromatic N) is 6. The first kappa shape index (κ1) is 62.8.